The molecule has 0 radical (unpaired) electrons. The maximum absolute atomic E-state index is 12.2. The Morgan fingerprint density at radius 2 is 1.80 bits per heavy atom. The largest absolute Gasteiger partial charge is 0.491 e. The van der Waals surface area contributed by atoms with Gasteiger partial charge in [-0.1, -0.05) is 44.3 Å². The zero-order chi connectivity index (χ0) is 37.7. The van der Waals surface area contributed by atoms with E-state index in [9.17, 15) is 19.2 Å². The maximum Gasteiger partial charge on any atom is 0.250 e. The zero-order valence-electron chi connectivity index (χ0n) is 30.4. The van der Waals surface area contributed by atoms with Gasteiger partial charge in [-0.15, -0.1) is 0 Å². The van der Waals surface area contributed by atoms with Gasteiger partial charge in [-0.05, 0) is 49.9 Å². The van der Waals surface area contributed by atoms with E-state index in [0.717, 1.165) is 33.7 Å². The first-order valence-electron chi connectivity index (χ1n) is 16.6. The Hall–Kier alpha value is -5.31. The number of thiazole rings is 1. The van der Waals surface area contributed by atoms with Crippen LogP contribution in [0.2, 0.25) is 0 Å². The molecule has 0 aliphatic rings. The zero-order valence-corrected chi connectivity index (χ0v) is 31.2. The second kappa shape index (κ2) is 18.6. The van der Waals surface area contributed by atoms with Gasteiger partial charge >= 0.3 is 0 Å². The first kappa shape index (κ1) is 40.1. The topological polar surface area (TPSA) is 202 Å². The molecule has 0 saturated heterocycles. The van der Waals surface area contributed by atoms with Crippen molar-refractivity contribution in [3.05, 3.63) is 69.9 Å². The monoisotopic (exact) mass is 719 g/mol. The lowest BCUT2D eigenvalue weighted by Crippen LogP contribution is -2.15. The van der Waals surface area contributed by atoms with E-state index >= 15 is 0 Å². The number of benzene rings is 1. The molecule has 0 atom stereocenters. The minimum absolute atomic E-state index is 0.0487. The Labute approximate surface area is 302 Å². The lowest BCUT2D eigenvalue weighted by Gasteiger charge is -2.18. The van der Waals surface area contributed by atoms with Gasteiger partial charge in [0.1, 0.15) is 22.9 Å². The fourth-order valence-corrected chi connectivity index (χ4v) is 6.14. The summed E-state index contributed by atoms with van der Waals surface area (Å²) in [5, 5.41) is 10.5. The molecule has 0 aliphatic carbocycles. The van der Waals surface area contributed by atoms with Crippen LogP contribution in [0.5, 0.6) is 5.75 Å². The summed E-state index contributed by atoms with van der Waals surface area (Å²) in [6, 6.07) is 6.78. The summed E-state index contributed by atoms with van der Waals surface area (Å²) in [6.45, 7) is 12.0. The predicted molar refractivity (Wildman–Crippen MR) is 202 cm³/mol. The average Bonchev–Trinajstić information content (AvgIpc) is 3.64. The summed E-state index contributed by atoms with van der Waals surface area (Å²) in [6.07, 6.45) is 7.75. The van der Waals surface area contributed by atoms with Crippen molar-refractivity contribution in [3.8, 4) is 5.75 Å². The number of fused-ring (bicyclic) bond motifs is 1. The van der Waals surface area contributed by atoms with Crippen LogP contribution in [0.3, 0.4) is 0 Å². The molecular weight excluding hydrogens is 671 g/mol. The number of aromatic nitrogens is 4. The van der Waals surface area contributed by atoms with Crippen molar-refractivity contribution in [3.63, 3.8) is 0 Å². The van der Waals surface area contributed by atoms with Crippen LogP contribution in [0.15, 0.2) is 47.6 Å². The number of hydrogen-bond donors (Lipinski definition) is 4. The summed E-state index contributed by atoms with van der Waals surface area (Å²) in [7, 11) is 3.46. The number of hydrogen-bond acceptors (Lipinski definition) is 11. The third kappa shape index (κ3) is 11.6. The molecule has 15 heteroatoms. The van der Waals surface area contributed by atoms with Crippen LogP contribution in [-0.2, 0) is 17.9 Å². The van der Waals surface area contributed by atoms with E-state index in [4.69, 9.17) is 16.2 Å². The van der Waals surface area contributed by atoms with Crippen molar-refractivity contribution in [2.75, 3.05) is 37.9 Å². The number of nitrogens with one attached hydrogen (secondary N) is 2. The van der Waals surface area contributed by atoms with E-state index < -0.39 is 11.8 Å². The number of amides is 2. The summed E-state index contributed by atoms with van der Waals surface area (Å²) >= 11 is 1.43. The van der Waals surface area contributed by atoms with Crippen molar-refractivity contribution in [1.29, 1.82) is 0 Å². The first-order valence-corrected chi connectivity index (χ1v) is 17.4. The number of ether oxygens (including phenoxy) is 1. The molecule has 0 saturated carbocycles. The first-order chi connectivity index (χ1) is 24.2. The molecule has 0 bridgehead atoms. The summed E-state index contributed by atoms with van der Waals surface area (Å²) in [5.74, 6) is -0.415. The quantitative estimate of drug-likeness (QED) is 0.0718. The van der Waals surface area contributed by atoms with Crippen LogP contribution < -0.4 is 31.6 Å². The standard InChI is InChI=1S/C29H39N7O4S.C7H10N2O/c1-29(2,3)16-20(37)9-8-12-40-22-14-18(25(30)38)13-21(32-4)24(22)34-10-6-7-11-36-27-23(41-28(36)33-5)15-19(17-35-27)26(31)39;1-3-9-7(5-10)4-6(2)8-9/h6-7,13-15,17,32,34H,8-12,16H2,1-5H3,(H2,30,38)(H2,31,39);4-5H,3H2,1-2H3/b7-6+,33-28?;. The van der Waals surface area contributed by atoms with E-state index in [2.05, 4.69) is 25.7 Å². The van der Waals surface area contributed by atoms with Crippen molar-refractivity contribution in [1.82, 2.24) is 19.3 Å². The van der Waals surface area contributed by atoms with Crippen LogP contribution in [0.4, 0.5) is 11.4 Å². The van der Waals surface area contributed by atoms with Gasteiger partial charge < -0.3 is 26.8 Å². The van der Waals surface area contributed by atoms with Crippen LogP contribution in [0, 0.1) is 12.3 Å². The van der Waals surface area contributed by atoms with Crippen LogP contribution in [-0.4, -0.2) is 70.5 Å². The number of allylic oxidation sites excluding steroid dienone is 1. The predicted octanol–water partition coefficient (Wildman–Crippen LogP) is 4.72. The Bertz CT molecular complexity index is 1950. The normalized spacial score (nSPS) is 11.7. The number of nitrogens with two attached hydrogens (primary N) is 2. The summed E-state index contributed by atoms with van der Waals surface area (Å²) in [5.41, 5.74) is 15.2. The highest BCUT2D eigenvalue weighted by Crippen LogP contribution is 2.34. The average molecular weight is 720 g/mol. The molecule has 14 nitrogen and oxygen atoms in total. The number of aryl methyl sites for hydroxylation is 2. The lowest BCUT2D eigenvalue weighted by atomic mass is 9.89. The van der Waals surface area contributed by atoms with Gasteiger partial charge in [-0.25, -0.2) is 4.98 Å². The molecule has 4 aromatic rings. The van der Waals surface area contributed by atoms with Gasteiger partial charge in [0.2, 0.25) is 11.8 Å². The van der Waals surface area contributed by atoms with Gasteiger partial charge in [-0.2, -0.15) is 5.10 Å². The third-order valence-electron chi connectivity index (χ3n) is 7.44. The Morgan fingerprint density at radius 3 is 2.39 bits per heavy atom. The molecule has 6 N–H and O–H groups in total. The fraction of sp³-hybridized carbons (Fsp3) is 0.417. The van der Waals surface area contributed by atoms with Crippen molar-refractivity contribution in [2.24, 2.45) is 21.9 Å². The molecule has 0 unspecified atom stereocenters. The van der Waals surface area contributed by atoms with Gasteiger partial charge in [-0.3, -0.25) is 33.4 Å². The molecule has 3 aromatic heterocycles. The Kier molecular flexibility index (Phi) is 14.6. The highest BCUT2D eigenvalue weighted by molar-refractivity contribution is 7.16. The number of ketones is 1. The fourth-order valence-electron chi connectivity index (χ4n) is 5.15. The minimum Gasteiger partial charge on any atom is -0.491 e. The van der Waals surface area contributed by atoms with E-state index in [0.29, 0.717) is 72.9 Å². The highest BCUT2D eigenvalue weighted by atomic mass is 32.1. The molecule has 1 aromatic carbocycles. The lowest BCUT2D eigenvalue weighted by molar-refractivity contribution is -0.120. The number of aldehydes is 1. The van der Waals surface area contributed by atoms with Crippen LogP contribution in [0.25, 0.3) is 10.3 Å². The molecular formula is C36H49N9O5S. The third-order valence-corrected chi connectivity index (χ3v) is 8.55. The summed E-state index contributed by atoms with van der Waals surface area (Å²) in [4.78, 5) is 55.6. The van der Waals surface area contributed by atoms with Gasteiger partial charge in [0.25, 0.3) is 0 Å². The van der Waals surface area contributed by atoms with Crippen LogP contribution in [0.1, 0.15) is 83.9 Å². The molecule has 51 heavy (non-hydrogen) atoms. The van der Waals surface area contributed by atoms with Gasteiger partial charge in [0.05, 0.1) is 28.3 Å². The molecule has 0 spiro atoms. The van der Waals surface area contributed by atoms with E-state index in [1.54, 1.807) is 43.0 Å². The number of Topliss-reactive ketones (excluding diaryl/α,β-unsaturated/α-hetero) is 1. The molecule has 3 heterocycles. The van der Waals surface area contributed by atoms with E-state index in [1.807, 2.05) is 51.3 Å². The second-order valence-electron chi connectivity index (χ2n) is 12.9. The molecule has 0 fully saturated rings. The van der Waals surface area contributed by atoms with Gasteiger partial charge in [0.15, 0.2) is 16.7 Å². The second-order valence-corrected chi connectivity index (χ2v) is 13.9. The maximum atomic E-state index is 12.2. The SMILES string of the molecule is CCn1nc(C)cc1C=O.CN=c1sc2cc(C(N)=O)cnc2n1C/C=C/CNc1c(NC)cc(C(N)=O)cc1OCCCC(=O)CC(C)(C)C. The highest BCUT2D eigenvalue weighted by Gasteiger charge is 2.17. The Balaban J connectivity index is 0.000000602. The van der Waals surface area contributed by atoms with Gasteiger partial charge in [0, 0.05) is 58.3 Å². The van der Waals surface area contributed by atoms with Crippen molar-refractivity contribution in [2.45, 2.75) is 67.0 Å². The van der Waals surface area contributed by atoms with Crippen LogP contribution >= 0.6 is 11.3 Å². The van der Waals surface area contributed by atoms with Crippen molar-refractivity contribution < 1.29 is 23.9 Å². The number of carbonyl (C=O) groups excluding carboxylic acids is 4. The number of anilines is 2. The molecule has 4 rings (SSSR count). The minimum atomic E-state index is -0.563. The smallest absolute Gasteiger partial charge is 0.250 e. The number of carbonyl (C=O) groups is 4. The Morgan fingerprint density at radius 1 is 1.08 bits per heavy atom. The summed E-state index contributed by atoms with van der Waals surface area (Å²) < 4.78 is 10.5. The van der Waals surface area contributed by atoms with E-state index in [-0.39, 0.29) is 11.2 Å². The molecule has 0 aliphatic heterocycles. The van der Waals surface area contributed by atoms with Crippen molar-refractivity contribution >= 4 is 56.9 Å². The molecule has 274 valence electrons. The number of rotatable bonds is 16. The number of pyridine rings is 1. The number of primary amides is 2. The van der Waals surface area contributed by atoms with E-state index in [1.165, 1.54) is 17.5 Å². The molecule has 2 amide bonds. The number of nitrogens with zero attached hydrogens (tertiary/aromatic N) is 5.